The second-order valence-electron chi connectivity index (χ2n) is 6.58. The van der Waals surface area contributed by atoms with Crippen LogP contribution in [-0.4, -0.2) is 27.1 Å². The molecule has 0 atom stereocenters. The molecule has 2 N–H and O–H groups in total. The predicted octanol–water partition coefficient (Wildman–Crippen LogP) is 2.92. The first-order chi connectivity index (χ1) is 13.7. The Bertz CT molecular complexity index is 1060. The lowest BCUT2D eigenvalue weighted by Crippen LogP contribution is -2.30. The van der Waals surface area contributed by atoms with E-state index in [0.717, 1.165) is 0 Å². The van der Waals surface area contributed by atoms with Gasteiger partial charge < -0.3 is 15.2 Å². The fourth-order valence-corrected chi connectivity index (χ4v) is 2.88. The molecule has 0 saturated heterocycles. The first-order valence-electron chi connectivity index (χ1n) is 8.88. The zero-order valence-electron chi connectivity index (χ0n) is 16.7. The van der Waals surface area contributed by atoms with E-state index in [1.54, 1.807) is 0 Å². The van der Waals surface area contributed by atoms with E-state index in [9.17, 15) is 13.0 Å². The van der Waals surface area contributed by atoms with Crippen molar-refractivity contribution in [2.45, 2.75) is 4.90 Å². The lowest BCUT2D eigenvalue weighted by atomic mass is 10.1. The van der Waals surface area contributed by atoms with Crippen molar-refractivity contribution in [2.24, 2.45) is 7.05 Å². The summed E-state index contributed by atoms with van der Waals surface area (Å²) >= 11 is 0. The number of rotatable bonds is 4. The highest BCUT2D eigenvalue weighted by Gasteiger charge is 1.99. The van der Waals surface area contributed by atoms with Crippen LogP contribution in [0.25, 0.3) is 12.2 Å². The number of aryl methyl sites for hydroxylation is 1. The zero-order chi connectivity index (χ0) is 21.4. The Morgan fingerprint density at radius 2 is 1.55 bits per heavy atom. The molecule has 0 unspecified atom stereocenters. The van der Waals surface area contributed by atoms with Crippen molar-refractivity contribution in [3.63, 3.8) is 0 Å². The minimum Gasteiger partial charge on any atom is -0.744 e. The Hall–Kier alpha value is -3.16. The average Bonchev–Trinajstić information content (AvgIpc) is 2.68. The largest absolute Gasteiger partial charge is 0.744 e. The number of pyridine rings is 1. The summed E-state index contributed by atoms with van der Waals surface area (Å²) in [7, 11) is 1.83. The molecule has 1 heterocycles. The predicted molar refractivity (Wildman–Crippen MR) is 116 cm³/mol. The maximum Gasteiger partial charge on any atom is 0.204 e. The highest BCUT2D eigenvalue weighted by atomic mass is 32.2. The van der Waals surface area contributed by atoms with Crippen LogP contribution in [0, 0.1) is 0 Å². The van der Waals surface area contributed by atoms with E-state index in [2.05, 4.69) is 85.4 Å². The maximum absolute atomic E-state index is 10.3. The summed E-state index contributed by atoms with van der Waals surface area (Å²) in [6, 6.07) is 19.8. The van der Waals surface area contributed by atoms with Gasteiger partial charge in [0.15, 0.2) is 6.20 Å². The third kappa shape index (κ3) is 7.06. The average molecular weight is 412 g/mol. The van der Waals surface area contributed by atoms with E-state index < -0.39 is 10.1 Å². The van der Waals surface area contributed by atoms with E-state index >= 15 is 0 Å². The Morgan fingerprint density at radius 3 is 2.07 bits per heavy atom. The lowest BCUT2D eigenvalue weighted by molar-refractivity contribution is -0.673. The number of benzene rings is 2. The fourth-order valence-electron chi connectivity index (χ4n) is 2.41. The van der Waals surface area contributed by atoms with Crippen molar-refractivity contribution >= 4 is 33.6 Å². The summed E-state index contributed by atoms with van der Waals surface area (Å²) in [5, 5.41) is 0. The summed E-state index contributed by atoms with van der Waals surface area (Å²) in [5.41, 5.74) is 9.32. The molecule has 0 aliphatic carbocycles. The number of hydrogen-bond donors (Lipinski definition) is 1. The molecule has 1 aromatic heterocycles. The van der Waals surface area contributed by atoms with Crippen molar-refractivity contribution in [1.29, 1.82) is 0 Å². The smallest absolute Gasteiger partial charge is 0.204 e. The van der Waals surface area contributed by atoms with Crippen molar-refractivity contribution in [3.05, 3.63) is 84.2 Å². The van der Waals surface area contributed by atoms with Crippen LogP contribution in [0.4, 0.5) is 11.4 Å². The molecule has 6 nitrogen and oxygen atoms in total. The van der Waals surface area contributed by atoms with Gasteiger partial charge in [0.05, 0.1) is 4.90 Å². The molecular weight excluding hydrogens is 386 g/mol. The Balaban J connectivity index is 0.000000234. The summed E-state index contributed by atoms with van der Waals surface area (Å²) in [5.74, 6) is 0. The van der Waals surface area contributed by atoms with Crippen molar-refractivity contribution in [3.8, 4) is 0 Å². The van der Waals surface area contributed by atoms with Crippen molar-refractivity contribution in [2.75, 3.05) is 24.7 Å². The van der Waals surface area contributed by atoms with Crippen LogP contribution in [0.15, 0.2) is 77.8 Å². The summed E-state index contributed by atoms with van der Waals surface area (Å²) < 4.78 is 33.1. The fraction of sp³-hybridized carbons (Fsp3) is 0.136. The van der Waals surface area contributed by atoms with Crippen molar-refractivity contribution in [1.82, 2.24) is 0 Å². The molecule has 0 bridgehead atoms. The highest BCUT2D eigenvalue weighted by Crippen LogP contribution is 2.14. The van der Waals surface area contributed by atoms with Gasteiger partial charge in [0.1, 0.15) is 17.2 Å². The summed E-state index contributed by atoms with van der Waals surface area (Å²) in [6.45, 7) is 0. The lowest BCUT2D eigenvalue weighted by Gasteiger charge is -2.11. The molecule has 3 aromatic rings. The van der Waals surface area contributed by atoms with Gasteiger partial charge in [0, 0.05) is 43.7 Å². The van der Waals surface area contributed by atoms with Crippen LogP contribution < -0.4 is 15.2 Å². The quantitative estimate of drug-likeness (QED) is 0.405. The van der Waals surface area contributed by atoms with Crippen LogP contribution in [-0.2, 0) is 17.2 Å². The second kappa shape index (κ2) is 9.86. The summed E-state index contributed by atoms with van der Waals surface area (Å²) in [4.78, 5) is 1.84. The number of nitrogens with zero attached hydrogens (tertiary/aromatic N) is 2. The van der Waals surface area contributed by atoms with Gasteiger partial charge in [-0.2, -0.15) is 0 Å². The molecule has 0 aliphatic heterocycles. The molecule has 0 radical (unpaired) electrons. The Labute approximate surface area is 172 Å². The minimum atomic E-state index is -4.33. The Morgan fingerprint density at radius 1 is 0.931 bits per heavy atom. The van der Waals surface area contributed by atoms with Gasteiger partial charge in [-0.25, -0.2) is 13.0 Å². The molecule has 0 amide bonds. The van der Waals surface area contributed by atoms with Gasteiger partial charge in [0.2, 0.25) is 5.69 Å². The van der Waals surface area contributed by atoms with Gasteiger partial charge in [-0.1, -0.05) is 12.1 Å². The molecule has 29 heavy (non-hydrogen) atoms. The van der Waals surface area contributed by atoms with Gasteiger partial charge in [-0.3, -0.25) is 0 Å². The molecular formula is C22H25N3O3S. The summed E-state index contributed by atoms with van der Waals surface area (Å²) in [6.07, 6.45) is 6.31. The zero-order valence-corrected chi connectivity index (χ0v) is 17.5. The van der Waals surface area contributed by atoms with E-state index in [1.165, 1.54) is 41.2 Å². The topological polar surface area (TPSA) is 90.3 Å². The molecule has 0 aliphatic rings. The molecule has 0 spiro atoms. The monoisotopic (exact) mass is 411 g/mol. The molecule has 7 heteroatoms. The molecule has 152 valence electrons. The van der Waals surface area contributed by atoms with Crippen molar-refractivity contribution < 1.29 is 17.5 Å². The van der Waals surface area contributed by atoms with E-state index in [-0.39, 0.29) is 4.90 Å². The second-order valence-corrected chi connectivity index (χ2v) is 7.96. The molecule has 0 fully saturated rings. The van der Waals surface area contributed by atoms with Crippen LogP contribution in [0.2, 0.25) is 0 Å². The Kier molecular flexibility index (Phi) is 7.52. The third-order valence-electron chi connectivity index (χ3n) is 4.12. The standard InChI is InChI=1S/C16H19N2.C6H7NO3S/c1-17(2)15-10-7-14(8-11-15)9-12-16-6-4-5-13-18(16)3;7-5-1-3-6(4-2-5)11(8,9)10/h4-13H,1-3H3;1-4H,7H2,(H,8,9,10)/q+1;/p-1. The number of nitrogen functional groups attached to an aromatic ring is 1. The van der Waals surface area contributed by atoms with E-state index in [4.69, 9.17) is 5.73 Å². The highest BCUT2D eigenvalue weighted by molar-refractivity contribution is 7.85. The van der Waals surface area contributed by atoms with Crippen LogP contribution in [0.3, 0.4) is 0 Å². The number of nitrogens with two attached hydrogens (primary N) is 1. The van der Waals surface area contributed by atoms with Crippen LogP contribution >= 0.6 is 0 Å². The third-order valence-corrected chi connectivity index (χ3v) is 4.97. The van der Waals surface area contributed by atoms with Gasteiger partial charge in [-0.15, -0.1) is 0 Å². The normalized spacial score (nSPS) is 11.0. The first-order valence-corrected chi connectivity index (χ1v) is 10.3. The van der Waals surface area contributed by atoms with Crippen LogP contribution in [0.5, 0.6) is 0 Å². The molecule has 0 saturated carbocycles. The minimum absolute atomic E-state index is 0.258. The van der Waals surface area contributed by atoms with E-state index in [0.29, 0.717) is 5.69 Å². The molecule has 2 aromatic carbocycles. The van der Waals surface area contributed by atoms with Gasteiger partial charge in [-0.05, 0) is 54.1 Å². The van der Waals surface area contributed by atoms with E-state index in [1.807, 2.05) is 6.07 Å². The van der Waals surface area contributed by atoms with Gasteiger partial charge in [0.25, 0.3) is 0 Å². The number of anilines is 2. The SMILES string of the molecule is CN(C)c1ccc(/C=C/c2cccc[n+]2C)cc1.Nc1ccc(S(=O)(=O)[O-])cc1. The maximum atomic E-state index is 10.3. The molecule has 3 rings (SSSR count). The number of hydrogen-bond acceptors (Lipinski definition) is 5. The number of aromatic nitrogens is 1. The van der Waals surface area contributed by atoms with Gasteiger partial charge >= 0.3 is 0 Å². The van der Waals surface area contributed by atoms with Crippen LogP contribution in [0.1, 0.15) is 11.3 Å². The first kappa shape index (κ1) is 22.1.